The van der Waals surface area contributed by atoms with E-state index in [1.54, 1.807) is 0 Å². The summed E-state index contributed by atoms with van der Waals surface area (Å²) in [5.74, 6) is 0. The van der Waals surface area contributed by atoms with Gasteiger partial charge in [0.25, 0.3) is 0 Å². The van der Waals surface area contributed by atoms with Gasteiger partial charge in [0.15, 0.2) is 0 Å². The van der Waals surface area contributed by atoms with Gasteiger partial charge >= 0.3 is 0 Å². The lowest BCUT2D eigenvalue weighted by atomic mass is 9.81. The van der Waals surface area contributed by atoms with Crippen LogP contribution in [0.5, 0.6) is 0 Å². The summed E-state index contributed by atoms with van der Waals surface area (Å²) in [6.45, 7) is 4.76. The van der Waals surface area contributed by atoms with Crippen LogP contribution in [0.1, 0.15) is 25.0 Å². The minimum absolute atomic E-state index is 0.234. The second kappa shape index (κ2) is 14.6. The number of fused-ring (bicyclic) bond motifs is 7. The van der Waals surface area contributed by atoms with Gasteiger partial charge in [-0.1, -0.05) is 178 Å². The Bertz CT molecular complexity index is 3520. The second-order valence-electron chi connectivity index (χ2n) is 17.3. The van der Waals surface area contributed by atoms with E-state index in [9.17, 15) is 0 Å². The molecule has 1 aromatic heterocycles. The van der Waals surface area contributed by atoms with Gasteiger partial charge in [-0.05, 0) is 133 Å². The lowest BCUT2D eigenvalue weighted by Gasteiger charge is -2.29. The maximum Gasteiger partial charge on any atom is 0.135 e. The molecule has 10 aromatic carbocycles. The van der Waals surface area contributed by atoms with E-state index in [0.29, 0.717) is 0 Å². The van der Waals surface area contributed by atoms with Crippen LogP contribution in [0, 0.1) is 0 Å². The summed E-state index contributed by atoms with van der Waals surface area (Å²) in [6.07, 6.45) is 0. The zero-order valence-electron chi connectivity index (χ0n) is 35.2. The highest BCUT2D eigenvalue weighted by atomic mass is 16.3. The van der Waals surface area contributed by atoms with Crippen LogP contribution in [-0.2, 0) is 5.41 Å². The van der Waals surface area contributed by atoms with E-state index in [-0.39, 0.29) is 5.41 Å². The molecule has 0 N–H and O–H groups in total. The third kappa shape index (κ3) is 6.17. The van der Waals surface area contributed by atoms with Gasteiger partial charge in [0.2, 0.25) is 0 Å². The molecule has 63 heavy (non-hydrogen) atoms. The van der Waals surface area contributed by atoms with Crippen molar-refractivity contribution in [1.29, 1.82) is 0 Å². The smallest absolute Gasteiger partial charge is 0.135 e. The molecule has 2 heteroatoms. The number of benzene rings is 10. The summed E-state index contributed by atoms with van der Waals surface area (Å²) in [7, 11) is 0. The van der Waals surface area contributed by atoms with E-state index >= 15 is 0 Å². The van der Waals surface area contributed by atoms with Crippen molar-refractivity contribution in [2.45, 2.75) is 19.3 Å². The molecule has 12 rings (SSSR count). The molecule has 11 aromatic rings. The molecular weight excluding hydrogens is 763 g/mol. The highest BCUT2D eigenvalue weighted by Crippen LogP contribution is 2.52. The summed E-state index contributed by atoms with van der Waals surface area (Å²) >= 11 is 0. The summed E-state index contributed by atoms with van der Waals surface area (Å²) in [5.41, 5.74) is 19.9. The maximum absolute atomic E-state index is 6.18. The van der Waals surface area contributed by atoms with Crippen molar-refractivity contribution < 1.29 is 4.42 Å². The van der Waals surface area contributed by atoms with Crippen LogP contribution in [0.4, 0.5) is 17.1 Å². The van der Waals surface area contributed by atoms with Gasteiger partial charge in [-0.15, -0.1) is 0 Å². The lowest BCUT2D eigenvalue weighted by molar-refractivity contribution is 0.660. The van der Waals surface area contributed by atoms with Crippen molar-refractivity contribution in [2.24, 2.45) is 0 Å². The van der Waals surface area contributed by atoms with E-state index in [1.165, 1.54) is 77.5 Å². The van der Waals surface area contributed by atoms with Gasteiger partial charge in [-0.2, -0.15) is 0 Å². The van der Waals surface area contributed by atoms with E-state index in [0.717, 1.165) is 39.0 Å². The van der Waals surface area contributed by atoms with Crippen LogP contribution in [0.3, 0.4) is 0 Å². The average Bonchev–Trinajstić information content (AvgIpc) is 3.83. The van der Waals surface area contributed by atoms with Gasteiger partial charge in [-0.3, -0.25) is 0 Å². The first-order valence-electron chi connectivity index (χ1n) is 21.8. The number of rotatable bonds is 7. The van der Waals surface area contributed by atoms with E-state index in [1.807, 2.05) is 12.1 Å². The Labute approximate surface area is 368 Å². The predicted molar refractivity (Wildman–Crippen MR) is 265 cm³/mol. The Hall–Kier alpha value is -7.94. The Balaban J connectivity index is 0.973. The predicted octanol–water partition coefficient (Wildman–Crippen LogP) is 17.2. The van der Waals surface area contributed by atoms with Crippen LogP contribution in [0.15, 0.2) is 229 Å². The van der Waals surface area contributed by atoms with Crippen LogP contribution in [0.2, 0.25) is 0 Å². The molecule has 1 aliphatic rings. The number of hydrogen-bond donors (Lipinski definition) is 0. The SMILES string of the molecule is CC1(C)c2cc(-c3ccc4oc5ccccc5c4c3)ccc2-c2ccc(N(c3ccc(-c4cccc(-c5ccccc5)c4)cc3)c3ccc(-c4ccccc4)c4ccccc34)cc21. The number of para-hydroxylation sites is 1. The minimum Gasteiger partial charge on any atom is -0.456 e. The van der Waals surface area contributed by atoms with Gasteiger partial charge in [-0.25, -0.2) is 0 Å². The molecule has 0 amide bonds. The fourth-order valence-electron chi connectivity index (χ4n) is 10.0. The summed E-state index contributed by atoms with van der Waals surface area (Å²) in [5, 5.41) is 4.72. The fraction of sp³-hybridized carbons (Fsp3) is 0.0492. The van der Waals surface area contributed by atoms with Crippen molar-refractivity contribution in [3.63, 3.8) is 0 Å². The highest BCUT2D eigenvalue weighted by Gasteiger charge is 2.36. The Morgan fingerprint density at radius 1 is 0.317 bits per heavy atom. The third-order valence-electron chi connectivity index (χ3n) is 13.3. The first-order chi connectivity index (χ1) is 31.0. The van der Waals surface area contributed by atoms with Crippen LogP contribution in [-0.4, -0.2) is 0 Å². The van der Waals surface area contributed by atoms with E-state index < -0.39 is 0 Å². The summed E-state index contributed by atoms with van der Waals surface area (Å²) < 4.78 is 6.18. The molecular formula is C61H43NO. The Morgan fingerprint density at radius 2 is 0.825 bits per heavy atom. The molecule has 1 heterocycles. The summed E-state index contributed by atoms with van der Waals surface area (Å²) in [4.78, 5) is 2.45. The Kier molecular flexibility index (Phi) is 8.55. The van der Waals surface area contributed by atoms with Crippen LogP contribution < -0.4 is 4.90 Å². The second-order valence-corrected chi connectivity index (χ2v) is 17.3. The molecule has 0 unspecified atom stereocenters. The van der Waals surface area contributed by atoms with Crippen molar-refractivity contribution in [3.8, 4) is 55.6 Å². The third-order valence-corrected chi connectivity index (χ3v) is 13.3. The quantitative estimate of drug-likeness (QED) is 0.160. The van der Waals surface area contributed by atoms with Crippen molar-refractivity contribution >= 4 is 49.8 Å². The molecule has 298 valence electrons. The van der Waals surface area contributed by atoms with E-state index in [4.69, 9.17) is 4.42 Å². The molecule has 1 aliphatic carbocycles. The van der Waals surface area contributed by atoms with Crippen molar-refractivity contribution in [1.82, 2.24) is 0 Å². The maximum atomic E-state index is 6.18. The fourth-order valence-corrected chi connectivity index (χ4v) is 10.0. The summed E-state index contributed by atoms with van der Waals surface area (Å²) in [6, 6.07) is 81.7. The molecule has 0 saturated carbocycles. The first kappa shape index (κ1) is 36.9. The standard InChI is InChI=1S/C61H43NO/c1-61(2)56-38-46(45-27-35-60-55(37-45)54-22-11-12-23-59(54)63-60)26-31-51(56)52-32-30-48(39-57(52)61)62(58-34-33-49(42-16-7-4-8-17-42)50-20-9-10-21-53(50)58)47-28-24-41(25-29-47)44-19-13-18-43(36-44)40-14-5-3-6-15-40/h3-39H,1-2H3. The molecule has 0 bridgehead atoms. The van der Waals surface area contributed by atoms with Gasteiger partial charge in [0.05, 0.1) is 5.69 Å². The average molecular weight is 806 g/mol. The van der Waals surface area contributed by atoms with Crippen molar-refractivity contribution in [2.75, 3.05) is 4.90 Å². The Morgan fingerprint density at radius 3 is 1.59 bits per heavy atom. The van der Waals surface area contributed by atoms with Gasteiger partial charge in [0, 0.05) is 32.9 Å². The zero-order chi connectivity index (χ0) is 42.1. The van der Waals surface area contributed by atoms with Gasteiger partial charge < -0.3 is 9.32 Å². The van der Waals surface area contributed by atoms with Crippen LogP contribution >= 0.6 is 0 Å². The molecule has 0 spiro atoms. The highest BCUT2D eigenvalue weighted by molar-refractivity contribution is 6.07. The van der Waals surface area contributed by atoms with Gasteiger partial charge in [0.1, 0.15) is 11.2 Å². The molecule has 0 saturated heterocycles. The molecule has 2 nitrogen and oxygen atoms in total. The number of furan rings is 1. The monoisotopic (exact) mass is 805 g/mol. The van der Waals surface area contributed by atoms with Crippen LogP contribution in [0.25, 0.3) is 88.3 Å². The molecule has 0 atom stereocenters. The molecule has 0 fully saturated rings. The minimum atomic E-state index is -0.234. The number of nitrogens with zero attached hydrogens (tertiary/aromatic N) is 1. The largest absolute Gasteiger partial charge is 0.456 e. The lowest BCUT2D eigenvalue weighted by Crippen LogP contribution is -2.17. The molecule has 0 aliphatic heterocycles. The zero-order valence-corrected chi connectivity index (χ0v) is 35.2. The number of hydrogen-bond acceptors (Lipinski definition) is 2. The van der Waals surface area contributed by atoms with Crippen molar-refractivity contribution in [3.05, 3.63) is 236 Å². The van der Waals surface area contributed by atoms with E-state index in [2.05, 4.69) is 231 Å². The topological polar surface area (TPSA) is 16.4 Å². The normalized spacial score (nSPS) is 12.7. The molecule has 0 radical (unpaired) electrons. The first-order valence-corrected chi connectivity index (χ1v) is 21.8. The number of anilines is 3.